The second-order valence-corrected chi connectivity index (χ2v) is 5.10. The van der Waals surface area contributed by atoms with Gasteiger partial charge < -0.3 is 10.1 Å². The van der Waals surface area contributed by atoms with Gasteiger partial charge in [-0.25, -0.2) is 9.97 Å². The van der Waals surface area contributed by atoms with Crippen molar-refractivity contribution < 1.29 is 4.74 Å². The van der Waals surface area contributed by atoms with Gasteiger partial charge in [0.25, 0.3) is 0 Å². The number of hydrogen-bond donors (Lipinski definition) is 1. The molecule has 0 radical (unpaired) electrons. The van der Waals surface area contributed by atoms with Crippen LogP contribution >= 0.6 is 15.9 Å². The van der Waals surface area contributed by atoms with Crippen LogP contribution in [0, 0.1) is 6.92 Å². The summed E-state index contributed by atoms with van der Waals surface area (Å²) in [4.78, 5) is 13.3. The molecule has 0 spiro atoms. The van der Waals surface area contributed by atoms with E-state index in [9.17, 15) is 0 Å². The van der Waals surface area contributed by atoms with Gasteiger partial charge >= 0.3 is 0 Å². The number of hydrogen-bond acceptors (Lipinski definition) is 5. The molecule has 20 heavy (non-hydrogen) atoms. The summed E-state index contributed by atoms with van der Waals surface area (Å²) in [5.74, 6) is 1.46. The molecule has 1 N–H and O–H groups in total. The van der Waals surface area contributed by atoms with Gasteiger partial charge in [0.05, 0.1) is 16.8 Å². The van der Waals surface area contributed by atoms with Crippen molar-refractivity contribution in [3.05, 3.63) is 34.2 Å². The maximum atomic E-state index is 5.20. The molecule has 0 bridgehead atoms. The summed E-state index contributed by atoms with van der Waals surface area (Å²) in [6.45, 7) is 5.24. The molecule has 0 aliphatic carbocycles. The maximum Gasteiger partial charge on any atom is 0.162 e. The Kier molecular flexibility index (Phi) is 5.03. The molecule has 2 heterocycles. The molecule has 0 aliphatic rings. The van der Waals surface area contributed by atoms with E-state index < -0.39 is 0 Å². The Labute approximate surface area is 127 Å². The first kappa shape index (κ1) is 14.9. The number of nitrogens with one attached hydrogen (secondary N) is 1. The van der Waals surface area contributed by atoms with Gasteiger partial charge in [0.2, 0.25) is 0 Å². The number of rotatable bonds is 5. The van der Waals surface area contributed by atoms with E-state index in [2.05, 4.69) is 36.2 Å². The second-order valence-electron chi connectivity index (χ2n) is 4.31. The summed E-state index contributed by atoms with van der Waals surface area (Å²) in [6.07, 6.45) is 3.56. The molecular formula is C14H17BrN4O. The van der Waals surface area contributed by atoms with Crippen LogP contribution in [0.3, 0.4) is 0 Å². The van der Waals surface area contributed by atoms with Crippen molar-refractivity contribution in [1.29, 1.82) is 0 Å². The molecule has 0 unspecified atom stereocenters. The first-order chi connectivity index (χ1) is 9.67. The zero-order valence-electron chi connectivity index (χ0n) is 11.8. The quantitative estimate of drug-likeness (QED) is 0.908. The lowest BCUT2D eigenvalue weighted by Crippen LogP contribution is -2.07. The van der Waals surface area contributed by atoms with Crippen LogP contribution in [0.2, 0.25) is 0 Å². The molecule has 0 aromatic carbocycles. The topological polar surface area (TPSA) is 59.9 Å². The third-order valence-electron chi connectivity index (χ3n) is 2.81. The molecule has 0 amide bonds. The molecular weight excluding hydrogens is 320 g/mol. The van der Waals surface area contributed by atoms with E-state index in [1.807, 2.05) is 26.1 Å². The summed E-state index contributed by atoms with van der Waals surface area (Å²) < 4.78 is 6.05. The molecule has 2 aromatic rings. The van der Waals surface area contributed by atoms with Crippen molar-refractivity contribution >= 4 is 21.7 Å². The van der Waals surface area contributed by atoms with Gasteiger partial charge in [-0.2, -0.15) is 0 Å². The van der Waals surface area contributed by atoms with Crippen LogP contribution in [0.25, 0.3) is 11.4 Å². The fourth-order valence-corrected chi connectivity index (χ4v) is 2.29. The van der Waals surface area contributed by atoms with Gasteiger partial charge in [0, 0.05) is 31.6 Å². The molecule has 106 valence electrons. The Hall–Kier alpha value is -1.53. The smallest absolute Gasteiger partial charge is 0.162 e. The Morgan fingerprint density at radius 1 is 1.35 bits per heavy atom. The Balaban J connectivity index is 2.56. The summed E-state index contributed by atoms with van der Waals surface area (Å²) in [5.41, 5.74) is 2.84. The summed E-state index contributed by atoms with van der Waals surface area (Å²) in [5, 5.41) is 3.24. The van der Waals surface area contributed by atoms with Gasteiger partial charge in [0.15, 0.2) is 5.82 Å². The number of anilines is 1. The third-order valence-corrected chi connectivity index (χ3v) is 3.64. The highest BCUT2D eigenvalue weighted by Gasteiger charge is 2.14. The van der Waals surface area contributed by atoms with E-state index in [-0.39, 0.29) is 0 Å². The highest BCUT2D eigenvalue weighted by molar-refractivity contribution is 9.10. The van der Waals surface area contributed by atoms with E-state index in [0.717, 1.165) is 33.7 Å². The minimum absolute atomic E-state index is 0.429. The first-order valence-electron chi connectivity index (χ1n) is 6.37. The second kappa shape index (κ2) is 6.76. The van der Waals surface area contributed by atoms with Gasteiger partial charge in [-0.15, -0.1) is 0 Å². The van der Waals surface area contributed by atoms with Crippen molar-refractivity contribution in [3.63, 3.8) is 0 Å². The van der Waals surface area contributed by atoms with E-state index in [4.69, 9.17) is 4.74 Å². The SMILES string of the molecule is CCNc1nc(-c2ccncc2C)nc(COC)c1Br. The molecule has 5 nitrogen and oxygen atoms in total. The number of aromatic nitrogens is 3. The van der Waals surface area contributed by atoms with E-state index in [1.54, 1.807) is 13.3 Å². The predicted octanol–water partition coefficient (Wildman–Crippen LogP) is 3.19. The Morgan fingerprint density at radius 3 is 2.80 bits per heavy atom. The molecule has 6 heteroatoms. The summed E-state index contributed by atoms with van der Waals surface area (Å²) in [7, 11) is 1.65. The molecule has 0 fully saturated rings. The van der Waals surface area contributed by atoms with Crippen molar-refractivity contribution in [2.45, 2.75) is 20.5 Å². The average molecular weight is 337 g/mol. The van der Waals surface area contributed by atoms with Crippen LogP contribution in [0.1, 0.15) is 18.2 Å². The van der Waals surface area contributed by atoms with Gasteiger partial charge in [-0.05, 0) is 41.4 Å². The van der Waals surface area contributed by atoms with Crippen molar-refractivity contribution in [2.75, 3.05) is 19.0 Å². The van der Waals surface area contributed by atoms with Gasteiger partial charge in [0.1, 0.15) is 5.82 Å². The zero-order chi connectivity index (χ0) is 14.5. The Morgan fingerprint density at radius 2 is 2.15 bits per heavy atom. The number of nitrogens with zero attached hydrogens (tertiary/aromatic N) is 3. The molecule has 0 atom stereocenters. The molecule has 2 aromatic heterocycles. The average Bonchev–Trinajstić information content (AvgIpc) is 2.44. The van der Waals surface area contributed by atoms with Crippen LogP contribution in [-0.2, 0) is 11.3 Å². The minimum atomic E-state index is 0.429. The number of methoxy groups -OCH3 is 1. The fraction of sp³-hybridized carbons (Fsp3) is 0.357. The Bertz CT molecular complexity index is 576. The predicted molar refractivity (Wildman–Crippen MR) is 82.6 cm³/mol. The molecule has 2 rings (SSSR count). The van der Waals surface area contributed by atoms with E-state index >= 15 is 0 Å². The minimum Gasteiger partial charge on any atom is -0.378 e. The van der Waals surface area contributed by atoms with Crippen molar-refractivity contribution in [1.82, 2.24) is 15.0 Å². The largest absolute Gasteiger partial charge is 0.378 e. The number of halogens is 1. The van der Waals surface area contributed by atoms with Crippen LogP contribution in [-0.4, -0.2) is 28.6 Å². The zero-order valence-corrected chi connectivity index (χ0v) is 13.4. The fourth-order valence-electron chi connectivity index (χ4n) is 1.86. The van der Waals surface area contributed by atoms with Crippen molar-refractivity contribution in [2.24, 2.45) is 0 Å². The molecule has 0 saturated heterocycles. The number of aryl methyl sites for hydroxylation is 1. The standard InChI is InChI=1S/C14H17BrN4O/c1-4-17-14-12(15)11(8-20-3)18-13(19-14)10-5-6-16-7-9(10)2/h5-7H,4,8H2,1-3H3,(H,17,18,19). The molecule has 0 aliphatic heterocycles. The van der Waals surface area contributed by atoms with E-state index in [1.165, 1.54) is 0 Å². The van der Waals surface area contributed by atoms with Crippen LogP contribution < -0.4 is 5.32 Å². The number of ether oxygens (including phenoxy) is 1. The van der Waals surface area contributed by atoms with Crippen molar-refractivity contribution in [3.8, 4) is 11.4 Å². The summed E-state index contributed by atoms with van der Waals surface area (Å²) >= 11 is 3.53. The van der Waals surface area contributed by atoms with Gasteiger partial charge in [-0.1, -0.05) is 0 Å². The van der Waals surface area contributed by atoms with Crippen LogP contribution in [0.5, 0.6) is 0 Å². The van der Waals surface area contributed by atoms with E-state index in [0.29, 0.717) is 12.4 Å². The highest BCUT2D eigenvalue weighted by Crippen LogP contribution is 2.28. The summed E-state index contributed by atoms with van der Waals surface area (Å²) in [6, 6.07) is 1.92. The maximum absolute atomic E-state index is 5.20. The van der Waals surface area contributed by atoms with Gasteiger partial charge in [-0.3, -0.25) is 4.98 Å². The monoisotopic (exact) mass is 336 g/mol. The lowest BCUT2D eigenvalue weighted by atomic mass is 10.1. The normalized spacial score (nSPS) is 10.6. The van der Waals surface area contributed by atoms with Crippen LogP contribution in [0.4, 0.5) is 5.82 Å². The molecule has 0 saturated carbocycles. The number of pyridine rings is 1. The van der Waals surface area contributed by atoms with Crippen LogP contribution in [0.15, 0.2) is 22.9 Å². The third kappa shape index (κ3) is 3.13. The lowest BCUT2D eigenvalue weighted by molar-refractivity contribution is 0.181. The first-order valence-corrected chi connectivity index (χ1v) is 7.16. The lowest BCUT2D eigenvalue weighted by Gasteiger charge is -2.12. The highest BCUT2D eigenvalue weighted by atomic mass is 79.9.